The van der Waals surface area contributed by atoms with Gasteiger partial charge in [-0.05, 0) is 36.4 Å². The third kappa shape index (κ3) is 4.32. The Morgan fingerprint density at radius 3 is 2.50 bits per heavy atom. The van der Waals surface area contributed by atoms with Crippen molar-refractivity contribution in [2.45, 2.75) is 30.3 Å². The highest BCUT2D eigenvalue weighted by Crippen LogP contribution is 2.37. The molecule has 6 nitrogen and oxygen atoms in total. The number of aromatic amines is 1. The predicted octanol–water partition coefficient (Wildman–Crippen LogP) is 3.17. The number of aromatic nitrogens is 2. The lowest BCUT2D eigenvalue weighted by molar-refractivity contribution is -0.126. The normalized spacial score (nSPS) is 21.6. The fraction of sp³-hybridized carbons (Fsp3) is 0.261. The molecule has 0 saturated carbocycles. The summed E-state index contributed by atoms with van der Waals surface area (Å²) in [6.07, 6.45) is 4.75. The van der Waals surface area contributed by atoms with Gasteiger partial charge in [-0.25, -0.2) is 13.5 Å². The van der Waals surface area contributed by atoms with Gasteiger partial charge in [-0.3, -0.25) is 4.79 Å². The molecule has 3 aromatic rings. The van der Waals surface area contributed by atoms with E-state index in [1.165, 1.54) is 0 Å². The van der Waals surface area contributed by atoms with Gasteiger partial charge in [-0.15, -0.1) is 0 Å². The predicted molar refractivity (Wildman–Crippen MR) is 119 cm³/mol. The van der Waals surface area contributed by atoms with Gasteiger partial charge in [0.2, 0.25) is 5.91 Å². The first-order chi connectivity index (χ1) is 14.6. The van der Waals surface area contributed by atoms with Crippen molar-refractivity contribution in [3.63, 3.8) is 0 Å². The average Bonchev–Trinajstić information content (AvgIpc) is 3.32. The van der Waals surface area contributed by atoms with E-state index < -0.39 is 9.71 Å². The third-order valence-corrected chi connectivity index (χ3v) is 7.76. The highest BCUT2D eigenvalue weighted by molar-refractivity contribution is 7.98. The first-order valence-electron chi connectivity index (χ1n) is 10.0. The molecule has 1 aliphatic heterocycles. The number of piperidine rings is 1. The van der Waals surface area contributed by atoms with Crippen molar-refractivity contribution >= 4 is 21.5 Å². The molecule has 3 atom stereocenters. The average molecular weight is 423 g/mol. The van der Waals surface area contributed by atoms with Crippen LogP contribution in [-0.2, 0) is 21.0 Å². The van der Waals surface area contributed by atoms with E-state index in [0.717, 1.165) is 24.1 Å². The SMILES string of the molecule is C=S(=O)(c1ccccc1)N1CC(C(=O)NCc2cnc[nH]2)CCC1c1ccccc1. The molecule has 1 saturated heterocycles. The Balaban J connectivity index is 1.58. The minimum Gasteiger partial charge on any atom is -0.350 e. The molecule has 7 heteroatoms. The van der Waals surface area contributed by atoms with Gasteiger partial charge in [-0.1, -0.05) is 48.5 Å². The van der Waals surface area contributed by atoms with E-state index in [9.17, 15) is 9.00 Å². The molecule has 2 heterocycles. The lowest BCUT2D eigenvalue weighted by atomic mass is 9.90. The highest BCUT2D eigenvalue weighted by Gasteiger charge is 2.37. The van der Waals surface area contributed by atoms with Gasteiger partial charge in [0.25, 0.3) is 0 Å². The van der Waals surface area contributed by atoms with Crippen molar-refractivity contribution < 1.29 is 9.00 Å². The van der Waals surface area contributed by atoms with Crippen LogP contribution in [-0.4, -0.2) is 36.8 Å². The Labute approximate surface area is 177 Å². The van der Waals surface area contributed by atoms with Gasteiger partial charge in [0.05, 0.1) is 34.2 Å². The van der Waals surface area contributed by atoms with Gasteiger partial charge in [-0.2, -0.15) is 0 Å². The fourth-order valence-electron chi connectivity index (χ4n) is 3.96. The molecular formula is C23H26N4O2S. The van der Waals surface area contributed by atoms with Crippen molar-refractivity contribution in [1.29, 1.82) is 0 Å². The summed E-state index contributed by atoms with van der Waals surface area (Å²) in [5.41, 5.74) is 1.95. The number of hydrogen-bond donors (Lipinski definition) is 2. The summed E-state index contributed by atoms with van der Waals surface area (Å²) in [6, 6.07) is 19.3. The van der Waals surface area contributed by atoms with E-state index in [2.05, 4.69) is 33.3 Å². The quantitative estimate of drug-likeness (QED) is 0.599. The number of carbonyl (C=O) groups excluding carboxylic acids is 1. The number of hydrogen-bond acceptors (Lipinski definition) is 3. The second kappa shape index (κ2) is 8.85. The highest BCUT2D eigenvalue weighted by atomic mass is 32.2. The van der Waals surface area contributed by atoms with Crippen LogP contribution < -0.4 is 5.32 Å². The van der Waals surface area contributed by atoms with Crippen molar-refractivity contribution in [3.05, 3.63) is 84.4 Å². The van der Waals surface area contributed by atoms with Crippen LogP contribution in [0.1, 0.15) is 30.1 Å². The van der Waals surface area contributed by atoms with Crippen LogP contribution in [0.4, 0.5) is 0 Å². The zero-order valence-electron chi connectivity index (χ0n) is 16.7. The van der Waals surface area contributed by atoms with Gasteiger partial charge < -0.3 is 10.3 Å². The van der Waals surface area contributed by atoms with Crippen LogP contribution in [0.15, 0.2) is 78.1 Å². The summed E-state index contributed by atoms with van der Waals surface area (Å²) in [5.74, 6) is 3.84. The molecule has 0 aliphatic carbocycles. The second-order valence-electron chi connectivity index (χ2n) is 7.55. The van der Waals surface area contributed by atoms with Crippen molar-refractivity contribution in [3.8, 4) is 0 Å². The van der Waals surface area contributed by atoms with E-state index in [1.807, 2.05) is 52.8 Å². The van der Waals surface area contributed by atoms with E-state index >= 15 is 0 Å². The van der Waals surface area contributed by atoms with Gasteiger partial charge in [0.15, 0.2) is 0 Å². The first-order valence-corrected chi connectivity index (χ1v) is 11.7. The molecule has 3 unspecified atom stereocenters. The maximum absolute atomic E-state index is 13.9. The van der Waals surface area contributed by atoms with Crippen LogP contribution in [0.3, 0.4) is 0 Å². The van der Waals surface area contributed by atoms with Gasteiger partial charge >= 0.3 is 0 Å². The second-order valence-corrected chi connectivity index (χ2v) is 9.77. The monoisotopic (exact) mass is 422 g/mol. The lowest BCUT2D eigenvalue weighted by Crippen LogP contribution is -2.46. The van der Waals surface area contributed by atoms with E-state index in [4.69, 9.17) is 0 Å². The Hall–Kier alpha value is -2.90. The molecule has 0 radical (unpaired) electrons. The molecule has 0 bridgehead atoms. The van der Waals surface area contributed by atoms with Crippen molar-refractivity contribution in [2.24, 2.45) is 5.92 Å². The number of nitrogens with zero attached hydrogens (tertiary/aromatic N) is 2. The fourth-order valence-corrected chi connectivity index (χ4v) is 5.88. The molecule has 1 aliphatic rings. The van der Waals surface area contributed by atoms with Gasteiger partial charge in [0.1, 0.15) is 0 Å². The van der Waals surface area contributed by atoms with E-state index in [-0.39, 0.29) is 17.9 Å². The molecule has 156 valence electrons. The molecular weight excluding hydrogens is 396 g/mol. The number of amides is 1. The molecule has 1 fully saturated rings. The van der Waals surface area contributed by atoms with E-state index in [0.29, 0.717) is 18.0 Å². The summed E-state index contributed by atoms with van der Waals surface area (Å²) in [6.45, 7) is 0.793. The number of rotatable bonds is 6. The van der Waals surface area contributed by atoms with Crippen LogP contribution >= 0.6 is 0 Å². The minimum absolute atomic E-state index is 0.0376. The van der Waals surface area contributed by atoms with Crippen LogP contribution in [0.5, 0.6) is 0 Å². The summed E-state index contributed by atoms with van der Waals surface area (Å²) < 4.78 is 15.8. The Kier molecular flexibility index (Phi) is 6.01. The maximum atomic E-state index is 13.9. The molecule has 0 spiro atoms. The first kappa shape index (κ1) is 20.4. The zero-order chi connectivity index (χ0) is 21.0. The standard InChI is InChI=1S/C23H26N4O2S/c1-30(29,21-10-6-3-7-11-21)27-16-19(23(28)25-15-20-14-24-17-26-20)12-13-22(27)18-8-4-2-5-9-18/h2-11,14,17,19,22H,1,12-13,15-16H2,(H,24,26)(H,25,28). The summed E-state index contributed by atoms with van der Waals surface area (Å²) >= 11 is 0. The summed E-state index contributed by atoms with van der Waals surface area (Å²) in [5, 5.41) is 2.97. The molecule has 1 aromatic heterocycles. The molecule has 30 heavy (non-hydrogen) atoms. The Morgan fingerprint density at radius 2 is 1.83 bits per heavy atom. The summed E-state index contributed by atoms with van der Waals surface area (Å²) in [4.78, 5) is 20.5. The summed E-state index contributed by atoms with van der Waals surface area (Å²) in [7, 11) is -2.75. The number of H-pyrrole nitrogens is 1. The van der Waals surface area contributed by atoms with Crippen molar-refractivity contribution in [2.75, 3.05) is 6.54 Å². The number of carbonyl (C=O) groups is 1. The molecule has 2 aromatic carbocycles. The van der Waals surface area contributed by atoms with Gasteiger partial charge in [0, 0.05) is 23.7 Å². The maximum Gasteiger partial charge on any atom is 0.224 e. The zero-order valence-corrected chi connectivity index (χ0v) is 17.6. The van der Waals surface area contributed by atoms with Crippen LogP contribution in [0, 0.1) is 5.92 Å². The molecule has 2 N–H and O–H groups in total. The minimum atomic E-state index is -2.75. The molecule has 1 amide bonds. The third-order valence-electron chi connectivity index (χ3n) is 5.59. The smallest absolute Gasteiger partial charge is 0.224 e. The Bertz CT molecular complexity index is 1070. The van der Waals surface area contributed by atoms with Crippen LogP contribution in [0.2, 0.25) is 0 Å². The Morgan fingerprint density at radius 1 is 1.13 bits per heavy atom. The number of imidazole rings is 1. The van der Waals surface area contributed by atoms with Crippen molar-refractivity contribution in [1.82, 2.24) is 19.6 Å². The van der Waals surface area contributed by atoms with E-state index in [1.54, 1.807) is 12.5 Å². The molecule has 4 rings (SSSR count). The number of nitrogens with one attached hydrogen (secondary N) is 2. The van der Waals surface area contributed by atoms with Crippen LogP contribution in [0.25, 0.3) is 0 Å². The lowest BCUT2D eigenvalue weighted by Gasteiger charge is -2.41. The topological polar surface area (TPSA) is 78.1 Å². The largest absolute Gasteiger partial charge is 0.350 e. The number of benzene rings is 2.